The summed E-state index contributed by atoms with van der Waals surface area (Å²) in [5, 5.41) is 3.43. The first kappa shape index (κ1) is 9.32. The van der Waals surface area contributed by atoms with Gasteiger partial charge in [0.2, 0.25) is 0 Å². The molecule has 1 heteroatoms. The number of hydrogen-bond acceptors (Lipinski definition) is 1. The molecule has 1 aliphatic rings. The zero-order valence-corrected chi connectivity index (χ0v) is 8.50. The summed E-state index contributed by atoms with van der Waals surface area (Å²) in [7, 11) is 0. The fraction of sp³-hybridized carbons (Fsp3) is 0.385. The molecule has 0 heterocycles. The van der Waals surface area contributed by atoms with E-state index in [1.165, 1.54) is 31.4 Å². The Morgan fingerprint density at radius 1 is 1.14 bits per heavy atom. The lowest BCUT2D eigenvalue weighted by Gasteiger charge is -2.06. The van der Waals surface area contributed by atoms with E-state index in [0.29, 0.717) is 0 Å². The Morgan fingerprint density at radius 3 is 2.71 bits per heavy atom. The van der Waals surface area contributed by atoms with Crippen LogP contribution in [0.15, 0.2) is 42.0 Å². The van der Waals surface area contributed by atoms with Crippen LogP contribution in [0.4, 0.5) is 5.69 Å². The molecule has 2 rings (SSSR count). The quantitative estimate of drug-likeness (QED) is 0.710. The van der Waals surface area contributed by atoms with Crippen molar-refractivity contribution in [2.45, 2.75) is 25.7 Å². The molecular weight excluding hydrogens is 170 g/mol. The van der Waals surface area contributed by atoms with E-state index in [1.54, 1.807) is 5.57 Å². The number of benzene rings is 1. The Kier molecular flexibility index (Phi) is 3.23. The van der Waals surface area contributed by atoms with Crippen LogP contribution in [0.3, 0.4) is 0 Å². The number of anilines is 1. The minimum Gasteiger partial charge on any atom is -0.385 e. The summed E-state index contributed by atoms with van der Waals surface area (Å²) >= 11 is 0. The van der Waals surface area contributed by atoms with Gasteiger partial charge in [0.05, 0.1) is 0 Å². The standard InChI is InChI=1S/C13H17N/c1-2-8-13(9-3-1)14-11-10-12-6-4-5-7-12/h1-3,6,8-9,14H,4-5,7,10-11H2. The molecule has 1 aromatic rings. The van der Waals surface area contributed by atoms with Crippen molar-refractivity contribution < 1.29 is 0 Å². The van der Waals surface area contributed by atoms with Crippen LogP contribution in [-0.2, 0) is 0 Å². The fourth-order valence-electron chi connectivity index (χ4n) is 1.89. The molecule has 1 N–H and O–H groups in total. The molecule has 0 radical (unpaired) electrons. The van der Waals surface area contributed by atoms with E-state index < -0.39 is 0 Å². The Bertz CT molecular complexity index is 300. The molecule has 1 aromatic carbocycles. The predicted molar refractivity (Wildman–Crippen MR) is 61.5 cm³/mol. The molecule has 0 aliphatic heterocycles. The summed E-state index contributed by atoms with van der Waals surface area (Å²) < 4.78 is 0. The van der Waals surface area contributed by atoms with Gasteiger partial charge in [-0.15, -0.1) is 0 Å². The number of para-hydroxylation sites is 1. The molecule has 0 saturated carbocycles. The third-order valence-corrected chi connectivity index (χ3v) is 2.68. The third-order valence-electron chi connectivity index (χ3n) is 2.68. The van der Waals surface area contributed by atoms with Crippen molar-refractivity contribution in [3.63, 3.8) is 0 Å². The maximum Gasteiger partial charge on any atom is 0.0340 e. The molecule has 0 unspecified atom stereocenters. The van der Waals surface area contributed by atoms with E-state index in [4.69, 9.17) is 0 Å². The highest BCUT2D eigenvalue weighted by molar-refractivity contribution is 5.42. The summed E-state index contributed by atoms with van der Waals surface area (Å²) in [5.74, 6) is 0. The van der Waals surface area contributed by atoms with E-state index in [2.05, 4.69) is 35.7 Å². The van der Waals surface area contributed by atoms with Gasteiger partial charge in [0.1, 0.15) is 0 Å². The van der Waals surface area contributed by atoms with Gasteiger partial charge >= 0.3 is 0 Å². The van der Waals surface area contributed by atoms with Gasteiger partial charge in [-0.3, -0.25) is 0 Å². The topological polar surface area (TPSA) is 12.0 Å². The van der Waals surface area contributed by atoms with Crippen molar-refractivity contribution in [2.24, 2.45) is 0 Å². The van der Waals surface area contributed by atoms with Gasteiger partial charge in [-0.2, -0.15) is 0 Å². The molecule has 0 spiro atoms. The second-order valence-corrected chi connectivity index (χ2v) is 3.80. The molecule has 14 heavy (non-hydrogen) atoms. The monoisotopic (exact) mass is 187 g/mol. The Hall–Kier alpha value is -1.24. The van der Waals surface area contributed by atoms with Crippen molar-refractivity contribution >= 4 is 5.69 Å². The fourth-order valence-corrected chi connectivity index (χ4v) is 1.89. The number of hydrogen-bond donors (Lipinski definition) is 1. The maximum atomic E-state index is 3.43. The molecule has 1 aliphatic carbocycles. The van der Waals surface area contributed by atoms with Gasteiger partial charge in [-0.05, 0) is 37.8 Å². The van der Waals surface area contributed by atoms with E-state index in [0.717, 1.165) is 6.54 Å². The molecule has 0 amide bonds. The van der Waals surface area contributed by atoms with Gasteiger partial charge in [0.15, 0.2) is 0 Å². The lowest BCUT2D eigenvalue weighted by atomic mass is 10.1. The largest absolute Gasteiger partial charge is 0.385 e. The van der Waals surface area contributed by atoms with Crippen LogP contribution < -0.4 is 5.32 Å². The lowest BCUT2D eigenvalue weighted by Crippen LogP contribution is -2.01. The summed E-state index contributed by atoms with van der Waals surface area (Å²) in [4.78, 5) is 0. The molecule has 0 fully saturated rings. The molecule has 74 valence electrons. The predicted octanol–water partition coefficient (Wildman–Crippen LogP) is 3.60. The average Bonchev–Trinajstić information content (AvgIpc) is 2.72. The highest BCUT2D eigenvalue weighted by Crippen LogP contribution is 2.20. The van der Waals surface area contributed by atoms with E-state index in [9.17, 15) is 0 Å². The minimum atomic E-state index is 1.07. The van der Waals surface area contributed by atoms with E-state index in [1.807, 2.05) is 6.07 Å². The Labute approximate surface area is 85.8 Å². The van der Waals surface area contributed by atoms with Crippen LogP contribution in [-0.4, -0.2) is 6.54 Å². The molecular formula is C13H17N. The summed E-state index contributed by atoms with van der Waals surface area (Å²) in [5.41, 5.74) is 2.86. The van der Waals surface area contributed by atoms with Crippen LogP contribution in [0, 0.1) is 0 Å². The average molecular weight is 187 g/mol. The third kappa shape index (κ3) is 2.63. The molecule has 0 aromatic heterocycles. The molecule has 1 nitrogen and oxygen atoms in total. The van der Waals surface area contributed by atoms with Gasteiger partial charge in [-0.25, -0.2) is 0 Å². The Morgan fingerprint density at radius 2 is 2.00 bits per heavy atom. The van der Waals surface area contributed by atoms with Crippen molar-refractivity contribution in [1.82, 2.24) is 0 Å². The second-order valence-electron chi connectivity index (χ2n) is 3.80. The number of allylic oxidation sites excluding steroid dienone is 1. The van der Waals surface area contributed by atoms with E-state index in [-0.39, 0.29) is 0 Å². The maximum absolute atomic E-state index is 3.43. The van der Waals surface area contributed by atoms with Crippen LogP contribution in [0.5, 0.6) is 0 Å². The molecule has 0 atom stereocenters. The van der Waals surface area contributed by atoms with Crippen molar-refractivity contribution in [3.8, 4) is 0 Å². The van der Waals surface area contributed by atoms with Crippen LogP contribution in [0.1, 0.15) is 25.7 Å². The van der Waals surface area contributed by atoms with Crippen molar-refractivity contribution in [3.05, 3.63) is 42.0 Å². The van der Waals surface area contributed by atoms with Crippen molar-refractivity contribution in [2.75, 3.05) is 11.9 Å². The lowest BCUT2D eigenvalue weighted by molar-refractivity contribution is 0.863. The van der Waals surface area contributed by atoms with Crippen LogP contribution >= 0.6 is 0 Å². The van der Waals surface area contributed by atoms with E-state index >= 15 is 0 Å². The Balaban J connectivity index is 1.73. The second kappa shape index (κ2) is 4.85. The molecule has 0 bridgehead atoms. The first-order chi connectivity index (χ1) is 6.95. The SMILES string of the molecule is C1=C(CCNc2ccccc2)CCC1. The summed E-state index contributed by atoms with van der Waals surface area (Å²) in [6, 6.07) is 10.4. The highest BCUT2D eigenvalue weighted by atomic mass is 14.9. The highest BCUT2D eigenvalue weighted by Gasteiger charge is 2.03. The summed E-state index contributed by atoms with van der Waals surface area (Å²) in [6.07, 6.45) is 7.57. The van der Waals surface area contributed by atoms with Gasteiger partial charge in [0, 0.05) is 12.2 Å². The van der Waals surface area contributed by atoms with Gasteiger partial charge < -0.3 is 5.32 Å². The summed E-state index contributed by atoms with van der Waals surface area (Å²) in [6.45, 7) is 1.07. The van der Waals surface area contributed by atoms with Crippen LogP contribution in [0.2, 0.25) is 0 Å². The zero-order chi connectivity index (χ0) is 9.64. The van der Waals surface area contributed by atoms with Crippen LogP contribution in [0.25, 0.3) is 0 Å². The van der Waals surface area contributed by atoms with Gasteiger partial charge in [-0.1, -0.05) is 29.8 Å². The smallest absolute Gasteiger partial charge is 0.0340 e. The number of nitrogens with one attached hydrogen (secondary N) is 1. The first-order valence-corrected chi connectivity index (χ1v) is 5.42. The van der Waals surface area contributed by atoms with Crippen molar-refractivity contribution in [1.29, 1.82) is 0 Å². The van der Waals surface area contributed by atoms with Gasteiger partial charge in [0.25, 0.3) is 0 Å². The minimum absolute atomic E-state index is 1.07. The molecule has 0 saturated heterocycles. The first-order valence-electron chi connectivity index (χ1n) is 5.42. The number of rotatable bonds is 4. The zero-order valence-electron chi connectivity index (χ0n) is 8.50. The normalized spacial score (nSPS) is 15.3.